The van der Waals surface area contributed by atoms with Crippen molar-refractivity contribution in [3.05, 3.63) is 52.0 Å². The summed E-state index contributed by atoms with van der Waals surface area (Å²) in [6.07, 6.45) is 0. The highest BCUT2D eigenvalue weighted by molar-refractivity contribution is 9.10. The van der Waals surface area contributed by atoms with Crippen molar-refractivity contribution in [2.24, 2.45) is 0 Å². The second-order valence-electron chi connectivity index (χ2n) is 6.01. The van der Waals surface area contributed by atoms with E-state index < -0.39 is 0 Å². The molecule has 24 heavy (non-hydrogen) atoms. The van der Waals surface area contributed by atoms with E-state index in [0.717, 1.165) is 44.2 Å². The average Bonchev–Trinajstić information content (AvgIpc) is 2.97. The van der Waals surface area contributed by atoms with Crippen molar-refractivity contribution >= 4 is 27.5 Å². The quantitative estimate of drug-likeness (QED) is 0.820. The summed E-state index contributed by atoms with van der Waals surface area (Å²) in [6.45, 7) is 3.38. The van der Waals surface area contributed by atoms with Crippen LogP contribution >= 0.6 is 15.9 Å². The first kappa shape index (κ1) is 16.8. The Morgan fingerprint density at radius 3 is 2.79 bits per heavy atom. The Morgan fingerprint density at radius 1 is 1.21 bits per heavy atom. The number of hydrogen-bond acceptors (Lipinski definition) is 3. The van der Waals surface area contributed by atoms with E-state index in [9.17, 15) is 4.79 Å². The number of carbonyl (C=O) groups excluding carboxylic acids is 1. The van der Waals surface area contributed by atoms with Crippen LogP contribution in [0.2, 0.25) is 0 Å². The summed E-state index contributed by atoms with van der Waals surface area (Å²) in [5.74, 6) is 1.55. The molecular weight excluding hydrogens is 372 g/mol. The first-order valence-corrected chi connectivity index (χ1v) is 8.56. The number of quaternary nitrogens is 1. The number of carbonyl (C=O) groups is 1. The van der Waals surface area contributed by atoms with E-state index in [4.69, 9.17) is 9.47 Å². The van der Waals surface area contributed by atoms with Gasteiger partial charge in [-0.15, -0.1) is 0 Å². The van der Waals surface area contributed by atoms with Crippen LogP contribution in [-0.2, 0) is 11.3 Å². The van der Waals surface area contributed by atoms with E-state index in [1.54, 1.807) is 0 Å². The number of aryl methyl sites for hydroxylation is 1. The fraction of sp³-hybridized carbons (Fsp3) is 0.278. The fourth-order valence-corrected chi connectivity index (χ4v) is 3.17. The Labute approximate surface area is 149 Å². The summed E-state index contributed by atoms with van der Waals surface area (Å²) in [6, 6.07) is 11.7. The molecule has 0 aromatic heterocycles. The molecule has 0 spiro atoms. The van der Waals surface area contributed by atoms with Crippen molar-refractivity contribution < 1.29 is 19.2 Å². The highest BCUT2D eigenvalue weighted by atomic mass is 79.9. The van der Waals surface area contributed by atoms with Crippen LogP contribution in [0.4, 0.5) is 5.69 Å². The van der Waals surface area contributed by atoms with Gasteiger partial charge in [-0.2, -0.15) is 0 Å². The molecule has 126 valence electrons. The molecule has 0 saturated heterocycles. The van der Waals surface area contributed by atoms with Gasteiger partial charge in [0.05, 0.1) is 7.05 Å². The van der Waals surface area contributed by atoms with Crippen molar-refractivity contribution in [2.75, 3.05) is 25.7 Å². The minimum Gasteiger partial charge on any atom is -0.454 e. The summed E-state index contributed by atoms with van der Waals surface area (Å²) < 4.78 is 11.7. The van der Waals surface area contributed by atoms with E-state index in [-0.39, 0.29) is 12.7 Å². The highest BCUT2D eigenvalue weighted by Crippen LogP contribution is 2.32. The van der Waals surface area contributed by atoms with Crippen LogP contribution in [0.1, 0.15) is 11.1 Å². The SMILES string of the molecule is Cc1cc(Br)ccc1NC(=O)C[NH+](C)Cc1ccc2c(c1)OCO2. The lowest BCUT2D eigenvalue weighted by Gasteiger charge is -2.15. The van der Waals surface area contributed by atoms with Crippen LogP contribution in [0.5, 0.6) is 11.5 Å². The van der Waals surface area contributed by atoms with Gasteiger partial charge in [0.15, 0.2) is 18.0 Å². The number of ether oxygens (including phenoxy) is 2. The Balaban J connectivity index is 1.56. The third-order valence-electron chi connectivity index (χ3n) is 3.87. The second kappa shape index (κ2) is 7.23. The molecule has 6 heteroatoms. The maximum absolute atomic E-state index is 12.2. The molecule has 0 radical (unpaired) electrons. The molecular formula is C18H20BrN2O3+. The summed E-state index contributed by atoms with van der Waals surface area (Å²) >= 11 is 3.43. The summed E-state index contributed by atoms with van der Waals surface area (Å²) in [4.78, 5) is 13.3. The molecule has 0 aliphatic carbocycles. The summed E-state index contributed by atoms with van der Waals surface area (Å²) in [5, 5.41) is 2.97. The monoisotopic (exact) mass is 391 g/mol. The van der Waals surface area contributed by atoms with E-state index in [1.165, 1.54) is 0 Å². The predicted molar refractivity (Wildman–Crippen MR) is 95.5 cm³/mol. The molecule has 0 bridgehead atoms. The summed E-state index contributed by atoms with van der Waals surface area (Å²) in [5.41, 5.74) is 3.00. The number of halogens is 1. The van der Waals surface area contributed by atoms with Gasteiger partial charge in [0, 0.05) is 15.7 Å². The van der Waals surface area contributed by atoms with Gasteiger partial charge < -0.3 is 19.7 Å². The Kier molecular flexibility index (Phi) is 5.06. The molecule has 1 unspecified atom stereocenters. The lowest BCUT2D eigenvalue weighted by atomic mass is 10.2. The van der Waals surface area contributed by atoms with E-state index in [2.05, 4.69) is 21.2 Å². The van der Waals surface area contributed by atoms with Gasteiger partial charge in [-0.1, -0.05) is 15.9 Å². The number of likely N-dealkylation sites (N-methyl/N-ethyl adjacent to an activating group) is 1. The van der Waals surface area contributed by atoms with Crippen LogP contribution < -0.4 is 19.7 Å². The Morgan fingerprint density at radius 2 is 2.00 bits per heavy atom. The van der Waals surface area contributed by atoms with Gasteiger partial charge in [0.25, 0.3) is 5.91 Å². The second-order valence-corrected chi connectivity index (χ2v) is 6.92. The van der Waals surface area contributed by atoms with Crippen molar-refractivity contribution in [3.63, 3.8) is 0 Å². The molecule has 0 fully saturated rings. The lowest BCUT2D eigenvalue weighted by Crippen LogP contribution is -3.08. The van der Waals surface area contributed by atoms with Crippen molar-refractivity contribution in [2.45, 2.75) is 13.5 Å². The third kappa shape index (κ3) is 4.07. The molecule has 1 aliphatic heterocycles. The molecule has 2 N–H and O–H groups in total. The molecule has 1 amide bonds. The largest absolute Gasteiger partial charge is 0.454 e. The van der Waals surface area contributed by atoms with Crippen molar-refractivity contribution in [3.8, 4) is 11.5 Å². The van der Waals surface area contributed by atoms with Crippen LogP contribution in [-0.4, -0.2) is 26.3 Å². The molecule has 2 aromatic carbocycles. The number of benzene rings is 2. The van der Waals surface area contributed by atoms with Gasteiger partial charge in [0.2, 0.25) is 6.79 Å². The maximum atomic E-state index is 12.2. The molecule has 1 aliphatic rings. The van der Waals surface area contributed by atoms with Gasteiger partial charge in [-0.05, 0) is 48.9 Å². The number of anilines is 1. The van der Waals surface area contributed by atoms with Crippen LogP contribution in [0.15, 0.2) is 40.9 Å². The van der Waals surface area contributed by atoms with Gasteiger partial charge >= 0.3 is 0 Å². The number of rotatable bonds is 5. The Hall–Kier alpha value is -2.05. The van der Waals surface area contributed by atoms with E-state index >= 15 is 0 Å². The first-order chi connectivity index (χ1) is 11.5. The van der Waals surface area contributed by atoms with Crippen LogP contribution in [0.25, 0.3) is 0 Å². The molecule has 2 aromatic rings. The van der Waals surface area contributed by atoms with Gasteiger partial charge in [-0.3, -0.25) is 4.79 Å². The number of nitrogens with one attached hydrogen (secondary N) is 2. The number of hydrogen-bond donors (Lipinski definition) is 2. The lowest BCUT2D eigenvalue weighted by molar-refractivity contribution is -0.885. The first-order valence-electron chi connectivity index (χ1n) is 7.77. The van der Waals surface area contributed by atoms with Gasteiger partial charge in [0.1, 0.15) is 6.54 Å². The maximum Gasteiger partial charge on any atom is 0.279 e. The summed E-state index contributed by atoms with van der Waals surface area (Å²) in [7, 11) is 2.00. The number of fused-ring (bicyclic) bond motifs is 1. The van der Waals surface area contributed by atoms with Crippen molar-refractivity contribution in [1.29, 1.82) is 0 Å². The Bertz CT molecular complexity index is 764. The minimum absolute atomic E-state index is 0.00124. The fourth-order valence-electron chi connectivity index (χ4n) is 2.70. The molecule has 1 atom stereocenters. The zero-order valence-electron chi connectivity index (χ0n) is 13.7. The highest BCUT2D eigenvalue weighted by Gasteiger charge is 2.16. The van der Waals surface area contributed by atoms with Crippen LogP contribution in [0.3, 0.4) is 0 Å². The zero-order chi connectivity index (χ0) is 17.1. The zero-order valence-corrected chi connectivity index (χ0v) is 15.3. The molecule has 1 heterocycles. The average molecular weight is 392 g/mol. The van der Waals surface area contributed by atoms with E-state index in [1.807, 2.05) is 50.4 Å². The van der Waals surface area contributed by atoms with Crippen molar-refractivity contribution in [1.82, 2.24) is 0 Å². The smallest absolute Gasteiger partial charge is 0.279 e. The van der Waals surface area contributed by atoms with Gasteiger partial charge in [-0.25, -0.2) is 0 Å². The molecule has 5 nitrogen and oxygen atoms in total. The normalized spacial score (nSPS) is 13.6. The molecule has 3 rings (SSSR count). The third-order valence-corrected chi connectivity index (χ3v) is 4.36. The standard InChI is InChI=1S/C18H19BrN2O3/c1-12-7-14(19)4-5-15(12)20-18(22)10-21(2)9-13-3-6-16-17(8-13)24-11-23-16/h3-8H,9-11H2,1-2H3,(H,20,22)/p+1. The number of amides is 1. The van der Waals surface area contributed by atoms with Crippen LogP contribution in [0, 0.1) is 6.92 Å². The molecule has 0 saturated carbocycles. The predicted octanol–water partition coefficient (Wildman–Crippen LogP) is 2.14. The topological polar surface area (TPSA) is 52.0 Å². The minimum atomic E-state index is -0.00124. The van der Waals surface area contributed by atoms with E-state index in [0.29, 0.717) is 6.54 Å².